The zero-order valence-electron chi connectivity index (χ0n) is 10.2. The highest BCUT2D eigenvalue weighted by Gasteiger charge is 2.07. The molecule has 0 saturated heterocycles. The first-order valence-corrected chi connectivity index (χ1v) is 6.77. The van der Waals surface area contributed by atoms with Crippen LogP contribution >= 0.6 is 27.5 Å². The van der Waals surface area contributed by atoms with Crippen LogP contribution in [0.25, 0.3) is 0 Å². The van der Waals surface area contributed by atoms with Crippen molar-refractivity contribution in [2.45, 2.75) is 6.92 Å². The number of nitrogen functional groups attached to an aromatic ring is 1. The van der Waals surface area contributed by atoms with Crippen molar-refractivity contribution in [2.24, 2.45) is 0 Å². The van der Waals surface area contributed by atoms with Crippen LogP contribution in [0.4, 0.5) is 17.1 Å². The van der Waals surface area contributed by atoms with Gasteiger partial charge in [0.1, 0.15) is 0 Å². The molecule has 0 aliphatic rings. The molecule has 0 aliphatic carbocycles. The van der Waals surface area contributed by atoms with Crippen molar-refractivity contribution in [3.05, 3.63) is 51.5 Å². The van der Waals surface area contributed by atoms with Crippen LogP contribution in [0.15, 0.2) is 40.9 Å². The number of carbonyl (C=O) groups is 1. The summed E-state index contributed by atoms with van der Waals surface area (Å²) in [5.41, 5.74) is 8.46. The third-order valence-corrected chi connectivity index (χ3v) is 3.56. The van der Waals surface area contributed by atoms with Crippen LogP contribution in [0.3, 0.4) is 0 Å². The van der Waals surface area contributed by atoms with E-state index in [0.717, 1.165) is 15.8 Å². The normalized spacial score (nSPS) is 10.3. The monoisotopic (exact) mass is 338 g/mol. The van der Waals surface area contributed by atoms with Crippen LogP contribution in [0, 0.1) is 0 Å². The molecule has 19 heavy (non-hydrogen) atoms. The number of rotatable bonds is 3. The molecule has 0 atom stereocenters. The minimum absolute atomic E-state index is 0.0482. The molecule has 0 amide bonds. The second-order valence-electron chi connectivity index (χ2n) is 4.11. The number of Topliss-reactive ketones (excluding diaryl/α,β-unsaturated/α-hetero) is 1. The Morgan fingerprint density at radius 2 is 2.00 bits per heavy atom. The summed E-state index contributed by atoms with van der Waals surface area (Å²) in [6.07, 6.45) is 0. The Balaban J connectivity index is 2.31. The molecule has 3 nitrogen and oxygen atoms in total. The Kier molecular flexibility index (Phi) is 4.12. The molecule has 0 unspecified atom stereocenters. The first kappa shape index (κ1) is 13.9. The predicted molar refractivity (Wildman–Crippen MR) is 83.3 cm³/mol. The van der Waals surface area contributed by atoms with Gasteiger partial charge in [-0.15, -0.1) is 0 Å². The molecule has 0 spiro atoms. The van der Waals surface area contributed by atoms with Crippen LogP contribution in [-0.4, -0.2) is 5.78 Å². The molecule has 5 heteroatoms. The first-order chi connectivity index (χ1) is 8.97. The molecule has 0 radical (unpaired) electrons. The average Bonchev–Trinajstić information content (AvgIpc) is 2.33. The number of carbonyl (C=O) groups excluding carboxylic acids is 1. The molecule has 0 heterocycles. The quantitative estimate of drug-likeness (QED) is 0.633. The Morgan fingerprint density at radius 3 is 2.63 bits per heavy atom. The molecule has 3 N–H and O–H groups in total. The summed E-state index contributed by atoms with van der Waals surface area (Å²) in [6.45, 7) is 1.49. The number of ketones is 1. The second kappa shape index (κ2) is 5.63. The molecule has 2 rings (SSSR count). The predicted octanol–water partition coefficient (Wildman–Crippen LogP) is 4.63. The van der Waals surface area contributed by atoms with E-state index in [0.29, 0.717) is 16.3 Å². The van der Waals surface area contributed by atoms with Crippen molar-refractivity contribution in [3.8, 4) is 0 Å². The van der Waals surface area contributed by atoms with Gasteiger partial charge < -0.3 is 11.1 Å². The van der Waals surface area contributed by atoms with Crippen molar-refractivity contribution in [2.75, 3.05) is 11.1 Å². The highest BCUT2D eigenvalue weighted by Crippen LogP contribution is 2.30. The van der Waals surface area contributed by atoms with Crippen LogP contribution in [-0.2, 0) is 0 Å². The number of nitrogens with two attached hydrogens (primary N) is 1. The summed E-state index contributed by atoms with van der Waals surface area (Å²) in [4.78, 5) is 11.3. The Labute approximate surface area is 124 Å². The van der Waals surface area contributed by atoms with E-state index in [4.69, 9.17) is 17.3 Å². The fraction of sp³-hybridized carbons (Fsp3) is 0.0714. The van der Waals surface area contributed by atoms with Gasteiger partial charge in [0.05, 0.1) is 5.69 Å². The maximum atomic E-state index is 11.3. The van der Waals surface area contributed by atoms with E-state index >= 15 is 0 Å². The van der Waals surface area contributed by atoms with E-state index < -0.39 is 0 Å². The summed E-state index contributed by atoms with van der Waals surface area (Å²) < 4.78 is 0.895. The lowest BCUT2D eigenvalue weighted by atomic mass is 10.1. The number of nitrogens with one attached hydrogen (secondary N) is 1. The molecular formula is C14H12BrClN2O. The third kappa shape index (κ3) is 3.28. The topological polar surface area (TPSA) is 55.1 Å². The summed E-state index contributed by atoms with van der Waals surface area (Å²) in [5.74, 6) is -0.0482. The van der Waals surface area contributed by atoms with Crippen LogP contribution < -0.4 is 11.1 Å². The number of benzene rings is 2. The van der Waals surface area contributed by atoms with Gasteiger partial charge in [-0.1, -0.05) is 11.6 Å². The molecule has 2 aromatic rings. The minimum atomic E-state index is -0.0482. The fourth-order valence-electron chi connectivity index (χ4n) is 1.71. The zero-order valence-corrected chi connectivity index (χ0v) is 12.5. The van der Waals surface area contributed by atoms with Crippen LogP contribution in [0.2, 0.25) is 5.02 Å². The van der Waals surface area contributed by atoms with Crippen molar-refractivity contribution in [1.29, 1.82) is 0 Å². The fourth-order valence-corrected chi connectivity index (χ4v) is 2.23. The lowest BCUT2D eigenvalue weighted by Crippen LogP contribution is -2.01. The molecular weight excluding hydrogens is 328 g/mol. The average molecular weight is 340 g/mol. The van der Waals surface area contributed by atoms with Crippen molar-refractivity contribution >= 4 is 50.4 Å². The smallest absolute Gasteiger partial charge is 0.161 e. The van der Waals surface area contributed by atoms with Gasteiger partial charge in [-0.3, -0.25) is 4.79 Å². The number of anilines is 3. The van der Waals surface area contributed by atoms with E-state index in [2.05, 4.69) is 21.2 Å². The zero-order chi connectivity index (χ0) is 14.0. The Morgan fingerprint density at radius 1 is 1.26 bits per heavy atom. The molecule has 98 valence electrons. The third-order valence-electron chi connectivity index (χ3n) is 2.64. The standard InChI is InChI=1S/C14H12BrClN2O/c1-8(19)11-4-3-10(7-13(11)17)18-14-6-9(16)2-5-12(14)15/h2-7,18H,17H2,1H3. The van der Waals surface area contributed by atoms with Gasteiger partial charge in [0, 0.05) is 26.4 Å². The summed E-state index contributed by atoms with van der Waals surface area (Å²) in [6, 6.07) is 10.7. The van der Waals surface area contributed by atoms with Crippen LogP contribution in [0.1, 0.15) is 17.3 Å². The molecule has 0 saturated carbocycles. The highest BCUT2D eigenvalue weighted by molar-refractivity contribution is 9.10. The maximum Gasteiger partial charge on any atom is 0.161 e. The van der Waals surface area contributed by atoms with Gasteiger partial charge in [0.15, 0.2) is 5.78 Å². The summed E-state index contributed by atoms with van der Waals surface area (Å²) >= 11 is 9.39. The van der Waals surface area contributed by atoms with Gasteiger partial charge >= 0.3 is 0 Å². The van der Waals surface area contributed by atoms with Gasteiger partial charge in [-0.2, -0.15) is 0 Å². The molecule has 0 bridgehead atoms. The molecule has 2 aromatic carbocycles. The second-order valence-corrected chi connectivity index (χ2v) is 5.40. The van der Waals surface area contributed by atoms with Crippen molar-refractivity contribution < 1.29 is 4.79 Å². The molecule has 0 aromatic heterocycles. The SMILES string of the molecule is CC(=O)c1ccc(Nc2cc(Cl)ccc2Br)cc1N. The van der Waals surface area contributed by atoms with Gasteiger partial charge in [0.25, 0.3) is 0 Å². The van der Waals surface area contributed by atoms with E-state index in [-0.39, 0.29) is 5.78 Å². The largest absolute Gasteiger partial charge is 0.398 e. The van der Waals surface area contributed by atoms with Crippen molar-refractivity contribution in [3.63, 3.8) is 0 Å². The highest BCUT2D eigenvalue weighted by atomic mass is 79.9. The van der Waals surface area contributed by atoms with E-state index in [1.807, 2.05) is 6.07 Å². The van der Waals surface area contributed by atoms with Gasteiger partial charge in [0.2, 0.25) is 0 Å². The van der Waals surface area contributed by atoms with E-state index in [9.17, 15) is 4.79 Å². The lowest BCUT2D eigenvalue weighted by molar-refractivity contribution is 0.101. The number of hydrogen-bond donors (Lipinski definition) is 2. The first-order valence-electron chi connectivity index (χ1n) is 5.60. The number of hydrogen-bond acceptors (Lipinski definition) is 3. The minimum Gasteiger partial charge on any atom is -0.398 e. The summed E-state index contributed by atoms with van der Waals surface area (Å²) in [5, 5.41) is 3.84. The Hall–Kier alpha value is -1.52. The molecule has 0 fully saturated rings. The van der Waals surface area contributed by atoms with E-state index in [1.54, 1.807) is 30.3 Å². The number of halogens is 2. The van der Waals surface area contributed by atoms with Crippen LogP contribution in [0.5, 0.6) is 0 Å². The maximum absolute atomic E-state index is 11.3. The summed E-state index contributed by atoms with van der Waals surface area (Å²) in [7, 11) is 0. The lowest BCUT2D eigenvalue weighted by Gasteiger charge is -2.11. The van der Waals surface area contributed by atoms with Gasteiger partial charge in [-0.05, 0) is 59.3 Å². The molecule has 0 aliphatic heterocycles. The van der Waals surface area contributed by atoms with E-state index in [1.165, 1.54) is 6.92 Å². The van der Waals surface area contributed by atoms with Gasteiger partial charge in [-0.25, -0.2) is 0 Å². The van der Waals surface area contributed by atoms with Crippen molar-refractivity contribution in [1.82, 2.24) is 0 Å². The Bertz CT molecular complexity index is 643.